The quantitative estimate of drug-likeness (QED) is 0.240. The Kier molecular flexibility index (Phi) is 2.45. The SMILES string of the molecule is Fc1c(F)c(F)c2c(ccc3cccc(F)c32)c1F. The molecular formula is C14H5F5. The normalized spacial score (nSPS) is 11.4. The summed E-state index contributed by atoms with van der Waals surface area (Å²) in [5.41, 5.74) is 0. The van der Waals surface area contributed by atoms with E-state index in [0.29, 0.717) is 0 Å². The molecule has 5 heteroatoms. The van der Waals surface area contributed by atoms with E-state index < -0.39 is 39.9 Å². The maximum atomic E-state index is 13.8. The van der Waals surface area contributed by atoms with Gasteiger partial charge in [-0.2, -0.15) is 0 Å². The van der Waals surface area contributed by atoms with Gasteiger partial charge in [0.15, 0.2) is 23.3 Å². The third-order valence-electron chi connectivity index (χ3n) is 3.03. The highest BCUT2D eigenvalue weighted by atomic mass is 19.2. The lowest BCUT2D eigenvalue weighted by Gasteiger charge is -2.08. The molecule has 0 heterocycles. The van der Waals surface area contributed by atoms with Crippen molar-refractivity contribution in [2.75, 3.05) is 0 Å². The van der Waals surface area contributed by atoms with Crippen LogP contribution in [0.15, 0.2) is 30.3 Å². The van der Waals surface area contributed by atoms with Gasteiger partial charge in [0.2, 0.25) is 0 Å². The summed E-state index contributed by atoms with van der Waals surface area (Å²) >= 11 is 0. The van der Waals surface area contributed by atoms with Gasteiger partial charge in [-0.3, -0.25) is 0 Å². The summed E-state index contributed by atoms with van der Waals surface area (Å²) < 4.78 is 67.6. The van der Waals surface area contributed by atoms with Crippen LogP contribution in [0, 0.1) is 29.1 Å². The van der Waals surface area contributed by atoms with Crippen molar-refractivity contribution in [2.24, 2.45) is 0 Å². The van der Waals surface area contributed by atoms with Crippen LogP contribution in [-0.4, -0.2) is 0 Å². The summed E-state index contributed by atoms with van der Waals surface area (Å²) in [7, 11) is 0. The maximum absolute atomic E-state index is 13.8. The van der Waals surface area contributed by atoms with Gasteiger partial charge in [-0.25, -0.2) is 22.0 Å². The van der Waals surface area contributed by atoms with Gasteiger partial charge in [0.1, 0.15) is 5.82 Å². The minimum absolute atomic E-state index is 0.268. The summed E-state index contributed by atoms with van der Waals surface area (Å²) in [6, 6.07) is 6.31. The Bertz CT molecular complexity index is 823. The van der Waals surface area contributed by atoms with E-state index >= 15 is 0 Å². The summed E-state index contributed by atoms with van der Waals surface area (Å²) in [6.45, 7) is 0. The first-order chi connectivity index (χ1) is 9.02. The van der Waals surface area contributed by atoms with E-state index in [9.17, 15) is 22.0 Å². The van der Waals surface area contributed by atoms with Gasteiger partial charge in [0.05, 0.1) is 0 Å². The third kappa shape index (κ3) is 1.51. The van der Waals surface area contributed by atoms with Crippen molar-refractivity contribution in [3.63, 3.8) is 0 Å². The molecule has 0 amide bonds. The molecule has 0 aliphatic heterocycles. The third-order valence-corrected chi connectivity index (χ3v) is 3.03. The monoisotopic (exact) mass is 268 g/mol. The standard InChI is InChI=1S/C14H5F5/c15-8-3-1-2-6-4-5-7-10(9(6)8)12(17)14(19)13(18)11(7)16/h1-5H. The number of benzene rings is 3. The number of hydrogen-bond acceptors (Lipinski definition) is 0. The Labute approximate surface area is 104 Å². The second-order valence-electron chi connectivity index (χ2n) is 4.08. The molecule has 0 nitrogen and oxygen atoms in total. The largest absolute Gasteiger partial charge is 0.206 e. The highest BCUT2D eigenvalue weighted by molar-refractivity contribution is 6.08. The molecule has 0 aliphatic carbocycles. The van der Waals surface area contributed by atoms with Crippen molar-refractivity contribution in [3.05, 3.63) is 59.4 Å². The van der Waals surface area contributed by atoms with Crippen LogP contribution < -0.4 is 0 Å². The van der Waals surface area contributed by atoms with Gasteiger partial charge in [-0.1, -0.05) is 24.3 Å². The van der Waals surface area contributed by atoms with Crippen LogP contribution in [0.3, 0.4) is 0 Å². The van der Waals surface area contributed by atoms with E-state index in [1.165, 1.54) is 18.2 Å². The van der Waals surface area contributed by atoms with Gasteiger partial charge in [-0.15, -0.1) is 0 Å². The molecule has 96 valence electrons. The predicted octanol–water partition coefficient (Wildman–Crippen LogP) is 4.69. The van der Waals surface area contributed by atoms with Crippen LogP contribution in [-0.2, 0) is 0 Å². The lowest BCUT2D eigenvalue weighted by atomic mass is 10.0. The minimum Gasteiger partial charge on any atom is -0.206 e. The molecule has 19 heavy (non-hydrogen) atoms. The Morgan fingerprint density at radius 2 is 1.26 bits per heavy atom. The van der Waals surface area contributed by atoms with Crippen molar-refractivity contribution in [2.45, 2.75) is 0 Å². The summed E-state index contributed by atoms with van der Waals surface area (Å²) in [6.07, 6.45) is 0. The molecule has 3 aromatic carbocycles. The van der Waals surface area contributed by atoms with Crippen LogP contribution in [0.4, 0.5) is 22.0 Å². The van der Waals surface area contributed by atoms with Crippen LogP contribution in [0.2, 0.25) is 0 Å². The van der Waals surface area contributed by atoms with E-state index in [1.54, 1.807) is 0 Å². The molecule has 0 fully saturated rings. The Morgan fingerprint density at radius 3 is 2.00 bits per heavy atom. The van der Waals surface area contributed by atoms with Crippen molar-refractivity contribution in [3.8, 4) is 0 Å². The molecule has 0 unspecified atom stereocenters. The molecule has 0 saturated heterocycles. The maximum Gasteiger partial charge on any atom is 0.198 e. The molecule has 0 saturated carbocycles. The summed E-state index contributed by atoms with van der Waals surface area (Å²) in [5.74, 6) is -7.79. The molecule has 0 radical (unpaired) electrons. The smallest absolute Gasteiger partial charge is 0.198 e. The van der Waals surface area contributed by atoms with Crippen LogP contribution in [0.1, 0.15) is 0 Å². The van der Waals surface area contributed by atoms with Crippen molar-refractivity contribution < 1.29 is 22.0 Å². The topological polar surface area (TPSA) is 0 Å². The first-order valence-electron chi connectivity index (χ1n) is 5.35. The van der Waals surface area contributed by atoms with E-state index in [1.807, 2.05) is 0 Å². The highest BCUT2D eigenvalue weighted by Gasteiger charge is 2.22. The number of hydrogen-bond donors (Lipinski definition) is 0. The molecule has 0 bridgehead atoms. The molecule has 3 rings (SSSR count). The van der Waals surface area contributed by atoms with Crippen LogP contribution in [0.5, 0.6) is 0 Å². The molecule has 3 aromatic rings. The van der Waals surface area contributed by atoms with Crippen LogP contribution in [0.25, 0.3) is 21.5 Å². The van der Waals surface area contributed by atoms with Crippen molar-refractivity contribution in [1.29, 1.82) is 0 Å². The fraction of sp³-hybridized carbons (Fsp3) is 0. The van der Waals surface area contributed by atoms with Gasteiger partial charge in [0, 0.05) is 16.2 Å². The number of rotatable bonds is 0. The Balaban J connectivity index is 2.70. The molecule has 0 atom stereocenters. The summed E-state index contributed by atoms with van der Waals surface area (Å²) in [4.78, 5) is 0. The lowest BCUT2D eigenvalue weighted by molar-refractivity contribution is 0.418. The van der Waals surface area contributed by atoms with Gasteiger partial charge in [-0.05, 0) is 11.5 Å². The molecule has 0 N–H and O–H groups in total. The second kappa shape index (κ2) is 3.91. The minimum atomic E-state index is -1.94. The molecule has 0 aromatic heterocycles. The first kappa shape index (κ1) is 11.9. The molecule has 0 aliphatic rings. The average molecular weight is 268 g/mol. The fourth-order valence-electron chi connectivity index (χ4n) is 2.17. The zero-order valence-corrected chi connectivity index (χ0v) is 9.28. The van der Waals surface area contributed by atoms with Crippen LogP contribution >= 0.6 is 0 Å². The average Bonchev–Trinajstić information content (AvgIpc) is 2.42. The van der Waals surface area contributed by atoms with E-state index in [4.69, 9.17) is 0 Å². The molecular weight excluding hydrogens is 263 g/mol. The molecule has 0 spiro atoms. The Hall–Kier alpha value is -2.17. The first-order valence-corrected chi connectivity index (χ1v) is 5.35. The van der Waals surface area contributed by atoms with Crippen molar-refractivity contribution in [1.82, 2.24) is 0 Å². The lowest BCUT2D eigenvalue weighted by Crippen LogP contribution is -1.99. The zero-order valence-electron chi connectivity index (χ0n) is 9.28. The Morgan fingerprint density at radius 1 is 0.579 bits per heavy atom. The van der Waals surface area contributed by atoms with Crippen molar-refractivity contribution >= 4 is 21.5 Å². The van der Waals surface area contributed by atoms with E-state index in [-0.39, 0.29) is 10.8 Å². The predicted molar refractivity (Wildman–Crippen MR) is 61.2 cm³/mol. The highest BCUT2D eigenvalue weighted by Crippen LogP contribution is 2.33. The summed E-state index contributed by atoms with van der Waals surface area (Å²) in [5, 5.41) is -1.08. The second-order valence-corrected chi connectivity index (χ2v) is 4.08. The van der Waals surface area contributed by atoms with Gasteiger partial charge in [0.25, 0.3) is 0 Å². The van der Waals surface area contributed by atoms with E-state index in [2.05, 4.69) is 0 Å². The van der Waals surface area contributed by atoms with E-state index in [0.717, 1.165) is 12.1 Å². The fourth-order valence-corrected chi connectivity index (χ4v) is 2.17. The number of fused-ring (bicyclic) bond motifs is 3. The zero-order chi connectivity index (χ0) is 13.7. The number of halogens is 5. The van der Waals surface area contributed by atoms with Gasteiger partial charge >= 0.3 is 0 Å². The van der Waals surface area contributed by atoms with Gasteiger partial charge < -0.3 is 0 Å².